The van der Waals surface area contributed by atoms with E-state index in [1.54, 1.807) is 35.0 Å². The van der Waals surface area contributed by atoms with Crippen LogP contribution in [0.3, 0.4) is 0 Å². The molecule has 2 amide bonds. The number of aromatic nitrogens is 3. The molecule has 0 atom stereocenters. The molecule has 2 aromatic heterocycles. The van der Waals surface area contributed by atoms with Crippen molar-refractivity contribution in [1.29, 1.82) is 0 Å². The van der Waals surface area contributed by atoms with Crippen LogP contribution in [0, 0.1) is 13.8 Å². The molecular weight excluding hydrogens is 402 g/mol. The van der Waals surface area contributed by atoms with Crippen LogP contribution in [0.1, 0.15) is 51.1 Å². The fourth-order valence-corrected chi connectivity index (χ4v) is 3.19. The van der Waals surface area contributed by atoms with E-state index in [9.17, 15) is 9.59 Å². The van der Waals surface area contributed by atoms with Crippen molar-refractivity contribution in [2.45, 2.75) is 33.7 Å². The summed E-state index contributed by atoms with van der Waals surface area (Å²) >= 11 is 6.21. The second kappa shape index (κ2) is 9.54. The highest BCUT2D eigenvalue weighted by molar-refractivity contribution is 6.33. The monoisotopic (exact) mass is 425 g/mol. The fourth-order valence-electron chi connectivity index (χ4n) is 3.00. The molecule has 0 bridgehead atoms. The highest BCUT2D eigenvalue weighted by atomic mass is 35.5. The van der Waals surface area contributed by atoms with E-state index in [4.69, 9.17) is 11.6 Å². The Morgan fingerprint density at radius 3 is 2.57 bits per heavy atom. The van der Waals surface area contributed by atoms with E-state index >= 15 is 0 Å². The van der Waals surface area contributed by atoms with Crippen LogP contribution in [0.25, 0.3) is 5.82 Å². The Balaban J connectivity index is 1.73. The predicted octanol–water partition coefficient (Wildman–Crippen LogP) is 3.61. The van der Waals surface area contributed by atoms with Gasteiger partial charge in [-0.05, 0) is 56.2 Å². The first-order valence-electron chi connectivity index (χ1n) is 9.74. The van der Waals surface area contributed by atoms with Gasteiger partial charge in [-0.1, -0.05) is 30.7 Å². The fraction of sp³-hybridized carbons (Fsp3) is 0.273. The van der Waals surface area contributed by atoms with Gasteiger partial charge in [-0.3, -0.25) is 9.59 Å². The van der Waals surface area contributed by atoms with Crippen molar-refractivity contribution in [2.24, 2.45) is 0 Å². The highest BCUT2D eigenvalue weighted by Gasteiger charge is 2.15. The summed E-state index contributed by atoms with van der Waals surface area (Å²) in [5.41, 5.74) is 3.25. The number of nitrogens with one attached hydrogen (secondary N) is 2. The topological polar surface area (TPSA) is 88.9 Å². The maximum atomic E-state index is 12.7. The Morgan fingerprint density at radius 2 is 1.87 bits per heavy atom. The Kier molecular flexibility index (Phi) is 6.84. The van der Waals surface area contributed by atoms with Crippen LogP contribution in [-0.2, 0) is 6.54 Å². The number of rotatable bonds is 7. The van der Waals surface area contributed by atoms with Crippen LogP contribution >= 0.6 is 11.6 Å². The second-order valence-electron chi connectivity index (χ2n) is 6.98. The van der Waals surface area contributed by atoms with E-state index < -0.39 is 5.91 Å². The summed E-state index contributed by atoms with van der Waals surface area (Å²) in [5.74, 6) is -0.0127. The van der Waals surface area contributed by atoms with Gasteiger partial charge in [0.2, 0.25) is 0 Å². The number of hydrogen-bond acceptors (Lipinski definition) is 4. The van der Waals surface area contributed by atoms with Crippen LogP contribution in [0.5, 0.6) is 0 Å². The molecule has 2 heterocycles. The summed E-state index contributed by atoms with van der Waals surface area (Å²) in [4.78, 5) is 29.2. The zero-order chi connectivity index (χ0) is 21.7. The van der Waals surface area contributed by atoms with Gasteiger partial charge < -0.3 is 10.6 Å². The van der Waals surface area contributed by atoms with E-state index in [0.717, 1.165) is 23.4 Å². The van der Waals surface area contributed by atoms with Gasteiger partial charge in [0.1, 0.15) is 5.69 Å². The smallest absolute Gasteiger partial charge is 0.271 e. The molecular formula is C22H24ClN5O2. The molecule has 3 rings (SSSR count). The molecule has 0 unspecified atom stereocenters. The van der Waals surface area contributed by atoms with Crippen molar-refractivity contribution in [3.05, 3.63) is 75.7 Å². The summed E-state index contributed by atoms with van der Waals surface area (Å²) in [7, 11) is 0. The first-order valence-corrected chi connectivity index (χ1v) is 10.1. The number of carbonyl (C=O) groups is 2. The molecule has 156 valence electrons. The predicted molar refractivity (Wildman–Crippen MR) is 116 cm³/mol. The normalized spacial score (nSPS) is 10.7. The first-order chi connectivity index (χ1) is 14.4. The lowest BCUT2D eigenvalue weighted by molar-refractivity contribution is 0.0943. The molecule has 2 N–H and O–H groups in total. The summed E-state index contributed by atoms with van der Waals surface area (Å²) in [6.07, 6.45) is 0.867. The Bertz CT molecular complexity index is 1080. The minimum Gasteiger partial charge on any atom is -0.352 e. The third kappa shape index (κ3) is 5.04. The van der Waals surface area contributed by atoms with E-state index in [1.165, 1.54) is 0 Å². The molecule has 7 nitrogen and oxygen atoms in total. The van der Waals surface area contributed by atoms with Crippen molar-refractivity contribution in [1.82, 2.24) is 25.4 Å². The molecule has 0 radical (unpaired) electrons. The number of nitrogens with zero attached hydrogens (tertiary/aromatic N) is 3. The average Bonchev–Trinajstić information content (AvgIpc) is 3.08. The van der Waals surface area contributed by atoms with Gasteiger partial charge in [0.15, 0.2) is 5.82 Å². The Hall–Kier alpha value is -3.19. The summed E-state index contributed by atoms with van der Waals surface area (Å²) in [6, 6.07) is 12.4. The van der Waals surface area contributed by atoms with E-state index in [0.29, 0.717) is 17.9 Å². The van der Waals surface area contributed by atoms with E-state index in [1.807, 2.05) is 32.9 Å². The SMILES string of the molecule is CCCNC(=O)c1cccc(CNC(=O)c2nc(-n3nc(C)cc3C)ccc2Cl)c1. The van der Waals surface area contributed by atoms with Crippen LogP contribution in [0.4, 0.5) is 0 Å². The molecule has 0 fully saturated rings. The molecule has 0 aliphatic rings. The number of benzene rings is 1. The minimum atomic E-state index is -0.399. The molecule has 3 aromatic rings. The second-order valence-corrected chi connectivity index (χ2v) is 7.38. The van der Waals surface area contributed by atoms with Gasteiger partial charge in [0.25, 0.3) is 11.8 Å². The first kappa shape index (κ1) is 21.5. The quantitative estimate of drug-likeness (QED) is 0.605. The molecule has 0 aliphatic carbocycles. The third-order valence-electron chi connectivity index (χ3n) is 4.45. The molecule has 8 heteroatoms. The van der Waals surface area contributed by atoms with E-state index in [2.05, 4.69) is 20.7 Å². The Morgan fingerprint density at radius 1 is 1.07 bits per heavy atom. The number of carbonyl (C=O) groups excluding carboxylic acids is 2. The average molecular weight is 426 g/mol. The van der Waals surface area contributed by atoms with Gasteiger partial charge in [-0.25, -0.2) is 9.67 Å². The van der Waals surface area contributed by atoms with Gasteiger partial charge in [-0.15, -0.1) is 0 Å². The summed E-state index contributed by atoms with van der Waals surface area (Å²) < 4.78 is 1.67. The molecule has 30 heavy (non-hydrogen) atoms. The molecule has 0 saturated heterocycles. The lowest BCUT2D eigenvalue weighted by Crippen LogP contribution is -2.26. The van der Waals surface area contributed by atoms with Gasteiger partial charge in [0, 0.05) is 24.3 Å². The highest BCUT2D eigenvalue weighted by Crippen LogP contribution is 2.18. The van der Waals surface area contributed by atoms with Crippen LogP contribution in [-0.4, -0.2) is 33.1 Å². The van der Waals surface area contributed by atoms with Gasteiger partial charge in [-0.2, -0.15) is 5.10 Å². The number of hydrogen-bond donors (Lipinski definition) is 2. The van der Waals surface area contributed by atoms with Crippen LogP contribution in [0.2, 0.25) is 5.02 Å². The van der Waals surface area contributed by atoms with Crippen molar-refractivity contribution < 1.29 is 9.59 Å². The van der Waals surface area contributed by atoms with Crippen molar-refractivity contribution in [2.75, 3.05) is 6.54 Å². The number of aryl methyl sites for hydroxylation is 2. The minimum absolute atomic E-state index is 0.124. The van der Waals surface area contributed by atoms with Gasteiger partial charge >= 0.3 is 0 Å². The lowest BCUT2D eigenvalue weighted by atomic mass is 10.1. The van der Waals surface area contributed by atoms with Crippen LogP contribution < -0.4 is 10.6 Å². The molecule has 1 aromatic carbocycles. The number of amides is 2. The Labute approximate surface area is 180 Å². The largest absolute Gasteiger partial charge is 0.352 e. The standard InChI is InChI=1S/C22H24ClN5O2/c1-4-10-24-21(29)17-7-5-6-16(12-17)13-25-22(30)20-18(23)8-9-19(26-20)28-15(3)11-14(2)27-28/h5-9,11-12H,4,10,13H2,1-3H3,(H,24,29)(H,25,30). The lowest BCUT2D eigenvalue weighted by Gasteiger charge is -2.10. The maximum absolute atomic E-state index is 12.7. The van der Waals surface area contributed by atoms with Crippen molar-refractivity contribution in [3.8, 4) is 5.82 Å². The molecule has 0 saturated carbocycles. The molecule has 0 aliphatic heterocycles. The maximum Gasteiger partial charge on any atom is 0.271 e. The van der Waals surface area contributed by atoms with Gasteiger partial charge in [0.05, 0.1) is 10.7 Å². The summed E-state index contributed by atoms with van der Waals surface area (Å²) in [6.45, 7) is 6.67. The number of halogens is 1. The van der Waals surface area contributed by atoms with E-state index in [-0.39, 0.29) is 23.2 Å². The van der Waals surface area contributed by atoms with Crippen molar-refractivity contribution in [3.63, 3.8) is 0 Å². The number of pyridine rings is 1. The van der Waals surface area contributed by atoms with Crippen LogP contribution in [0.15, 0.2) is 42.5 Å². The zero-order valence-corrected chi connectivity index (χ0v) is 18.0. The third-order valence-corrected chi connectivity index (χ3v) is 4.76. The zero-order valence-electron chi connectivity index (χ0n) is 17.2. The molecule has 0 spiro atoms. The van der Waals surface area contributed by atoms with Crippen molar-refractivity contribution >= 4 is 23.4 Å². The summed E-state index contributed by atoms with van der Waals surface area (Å²) in [5, 5.41) is 10.3.